The Bertz CT molecular complexity index is 4750. The van der Waals surface area contributed by atoms with Crippen molar-refractivity contribution in [2.45, 2.75) is 35.8 Å². The zero-order valence-corrected chi connectivity index (χ0v) is 47.3. The van der Waals surface area contributed by atoms with Crippen molar-refractivity contribution in [3.8, 4) is 44.5 Å². The van der Waals surface area contributed by atoms with Gasteiger partial charge in [0.15, 0.2) is 0 Å². The van der Waals surface area contributed by atoms with Crippen LogP contribution in [0.25, 0.3) is 44.5 Å². The van der Waals surface area contributed by atoms with Crippen molar-refractivity contribution in [3.05, 3.63) is 376 Å². The Morgan fingerprint density at radius 2 is 0.607 bits per heavy atom. The quantitative estimate of drug-likeness (QED) is 0.163. The molecule has 2 spiro atoms. The molecule has 0 bridgehead atoms. The van der Waals surface area contributed by atoms with Crippen molar-refractivity contribution in [2.24, 2.45) is 0 Å². The Hall–Kier alpha value is -9.64. The normalized spacial score (nSPS) is 14.9. The van der Waals surface area contributed by atoms with Crippen molar-refractivity contribution >= 4 is 40.6 Å². The van der Waals surface area contributed by atoms with Crippen molar-refractivity contribution in [1.82, 2.24) is 0 Å². The van der Waals surface area contributed by atoms with Gasteiger partial charge in [0.05, 0.1) is 21.9 Å². The molecule has 392 valence electrons. The van der Waals surface area contributed by atoms with Gasteiger partial charge in [-0.15, -0.1) is 0 Å². The van der Waals surface area contributed by atoms with Crippen LogP contribution in [-0.2, 0) is 16.2 Å². The smallest absolute Gasteiger partial charge is 0.0736 e. The van der Waals surface area contributed by atoms with Gasteiger partial charge in [-0.25, -0.2) is 0 Å². The summed E-state index contributed by atoms with van der Waals surface area (Å²) in [5, 5.41) is 0. The molecule has 0 saturated carbocycles. The second-order valence-electron chi connectivity index (χ2n) is 22.9. The summed E-state index contributed by atoms with van der Waals surface area (Å²) in [7, 11) is 0. The van der Waals surface area contributed by atoms with Crippen molar-refractivity contribution in [1.29, 1.82) is 0 Å². The van der Waals surface area contributed by atoms with Gasteiger partial charge in [-0.3, -0.25) is 0 Å². The lowest BCUT2D eigenvalue weighted by Crippen LogP contribution is -2.32. The van der Waals surface area contributed by atoms with Gasteiger partial charge in [-0.1, -0.05) is 272 Å². The minimum Gasteiger partial charge on any atom is -0.310 e. The van der Waals surface area contributed by atoms with Crippen molar-refractivity contribution < 1.29 is 0 Å². The molecule has 0 N–H and O–H groups in total. The fraction of sp³-hybridized carbons (Fsp3) is 0.0370. The molecule has 0 amide bonds. The predicted octanol–water partition coefficient (Wildman–Crippen LogP) is 20.8. The Labute approximate surface area is 498 Å². The van der Waals surface area contributed by atoms with Crippen LogP contribution in [0.15, 0.2) is 329 Å². The van der Waals surface area contributed by atoms with Crippen LogP contribution in [0.2, 0.25) is 0 Å². The lowest BCUT2D eigenvalue weighted by Gasteiger charge is -2.40. The predicted molar refractivity (Wildman–Crippen MR) is 347 cm³/mol. The summed E-state index contributed by atoms with van der Waals surface area (Å²) >= 11 is 3.79. The van der Waals surface area contributed by atoms with Gasteiger partial charge >= 0.3 is 0 Å². The summed E-state index contributed by atoms with van der Waals surface area (Å²) in [5.41, 5.74) is 27.4. The van der Waals surface area contributed by atoms with Crippen molar-refractivity contribution in [3.63, 3.8) is 0 Å². The van der Waals surface area contributed by atoms with Crippen LogP contribution in [0.3, 0.4) is 0 Å². The van der Waals surface area contributed by atoms with E-state index in [0.717, 1.165) is 22.6 Å². The molecule has 13 aromatic carbocycles. The van der Waals surface area contributed by atoms with Crippen LogP contribution in [-0.4, -0.2) is 0 Å². The average molecular weight is 1100 g/mol. The van der Waals surface area contributed by atoms with Gasteiger partial charge in [0, 0.05) is 36.5 Å². The summed E-state index contributed by atoms with van der Waals surface area (Å²) in [6.45, 7) is 0. The van der Waals surface area contributed by atoms with Crippen LogP contribution in [0.4, 0.5) is 17.1 Å². The maximum absolute atomic E-state index is 2.60. The maximum Gasteiger partial charge on any atom is 0.0736 e. The Kier molecular flexibility index (Phi) is 10.4. The third-order valence-corrected chi connectivity index (χ3v) is 21.4. The fourth-order valence-corrected chi connectivity index (χ4v) is 18.3. The van der Waals surface area contributed by atoms with E-state index in [2.05, 4.69) is 314 Å². The van der Waals surface area contributed by atoms with E-state index >= 15 is 0 Å². The molecule has 3 heteroatoms. The number of hydrogen-bond acceptors (Lipinski definition) is 3. The first kappa shape index (κ1) is 47.9. The molecule has 0 saturated heterocycles. The van der Waals surface area contributed by atoms with E-state index in [4.69, 9.17) is 0 Å². The topological polar surface area (TPSA) is 3.24 Å². The number of fused-ring (bicyclic) bond motifs is 21. The molecule has 0 aromatic heterocycles. The average Bonchev–Trinajstić information content (AvgIpc) is 2.10. The van der Waals surface area contributed by atoms with Gasteiger partial charge in [0.2, 0.25) is 0 Å². The molecule has 0 unspecified atom stereocenters. The largest absolute Gasteiger partial charge is 0.310 e. The first-order valence-electron chi connectivity index (χ1n) is 29.1. The van der Waals surface area contributed by atoms with E-state index in [0.29, 0.717) is 0 Å². The Morgan fingerprint density at radius 1 is 0.226 bits per heavy atom. The standard InChI is InChI=1S/C81H51NS2/c1-3-24-54(25-4-1)79(55-26-5-2-6-27-55)63-32-10-7-29-58(63)60-47-45-53(50-71(60)79)52-23-21-28-56(49-52)82(57-46-48-61-59-30-8-11-33-64(59)81(72(61)51-57)68-37-15-19-43-76(68)84-77-44-20-16-38-69(77)81)73-40-22-39-70-78(73)62-31-9-12-34-65(62)80(70)66-35-13-17-41-74(66)83-75-42-18-14-36-67(75)80/h1-51H. The zero-order valence-electron chi connectivity index (χ0n) is 45.7. The van der Waals surface area contributed by atoms with E-state index in [1.54, 1.807) is 0 Å². The summed E-state index contributed by atoms with van der Waals surface area (Å²) < 4.78 is 0. The third kappa shape index (κ3) is 6.33. The van der Waals surface area contributed by atoms with Crippen LogP contribution >= 0.6 is 23.5 Å². The number of anilines is 3. The van der Waals surface area contributed by atoms with E-state index < -0.39 is 16.2 Å². The highest BCUT2D eigenvalue weighted by atomic mass is 32.2. The van der Waals surface area contributed by atoms with E-state index in [9.17, 15) is 0 Å². The van der Waals surface area contributed by atoms with Crippen molar-refractivity contribution in [2.75, 3.05) is 4.90 Å². The molecule has 2 aliphatic heterocycles. The Balaban J connectivity index is 0.906. The molecular weight excluding hydrogens is 1050 g/mol. The second-order valence-corrected chi connectivity index (χ2v) is 25.1. The second kappa shape index (κ2) is 18.2. The number of rotatable bonds is 6. The molecule has 18 rings (SSSR count). The molecule has 1 nitrogen and oxygen atoms in total. The molecule has 84 heavy (non-hydrogen) atoms. The number of nitrogens with zero attached hydrogens (tertiary/aromatic N) is 1. The SMILES string of the molecule is c1ccc(C2(c3ccccc3)c3ccccc3-c3ccc(-c4cccc(N(c5ccc6c(c5)C5(c7ccccc7Sc7ccccc75)c5ccccc5-6)c5cccc6c5-c5ccccc5C65c6ccccc6Sc6ccccc65)c4)cc32)cc1. The zero-order chi connectivity index (χ0) is 55.1. The van der Waals surface area contributed by atoms with E-state index in [1.807, 2.05) is 23.5 Å². The monoisotopic (exact) mass is 1100 g/mol. The molecule has 13 aromatic rings. The molecule has 0 radical (unpaired) electrons. The minimum atomic E-state index is -0.553. The van der Waals surface area contributed by atoms with Crippen LogP contribution in [0.1, 0.15) is 66.8 Å². The molecular formula is C81H51NS2. The van der Waals surface area contributed by atoms with Gasteiger partial charge in [-0.05, 0) is 166 Å². The highest BCUT2D eigenvalue weighted by Crippen LogP contribution is 2.66. The lowest BCUT2D eigenvalue weighted by molar-refractivity contribution is 0.722. The summed E-state index contributed by atoms with van der Waals surface area (Å²) in [4.78, 5) is 7.78. The highest BCUT2D eigenvalue weighted by molar-refractivity contribution is 7.99. The van der Waals surface area contributed by atoms with Gasteiger partial charge in [-0.2, -0.15) is 0 Å². The molecule has 3 aliphatic carbocycles. The molecule has 2 heterocycles. The van der Waals surface area contributed by atoms with Gasteiger partial charge in [0.1, 0.15) is 0 Å². The van der Waals surface area contributed by atoms with E-state index in [-0.39, 0.29) is 0 Å². The summed E-state index contributed by atoms with van der Waals surface area (Å²) in [6, 6.07) is 117. The van der Waals surface area contributed by atoms with Crippen LogP contribution in [0.5, 0.6) is 0 Å². The van der Waals surface area contributed by atoms with Gasteiger partial charge < -0.3 is 4.90 Å². The molecule has 0 fully saturated rings. The first-order chi connectivity index (χ1) is 41.7. The van der Waals surface area contributed by atoms with Crippen LogP contribution < -0.4 is 4.90 Å². The molecule has 5 aliphatic rings. The van der Waals surface area contributed by atoms with Crippen LogP contribution in [0, 0.1) is 0 Å². The maximum atomic E-state index is 2.60. The Morgan fingerprint density at radius 3 is 1.17 bits per heavy atom. The number of benzene rings is 13. The van der Waals surface area contributed by atoms with Gasteiger partial charge in [0.25, 0.3) is 0 Å². The summed E-state index contributed by atoms with van der Waals surface area (Å²) in [6.07, 6.45) is 0. The first-order valence-corrected chi connectivity index (χ1v) is 30.8. The minimum absolute atomic E-state index is 0.524. The van der Waals surface area contributed by atoms with E-state index in [1.165, 1.54) is 125 Å². The molecule has 0 atom stereocenters. The highest BCUT2D eigenvalue weighted by Gasteiger charge is 2.53. The third-order valence-electron chi connectivity index (χ3n) is 19.1. The lowest BCUT2D eigenvalue weighted by atomic mass is 9.67. The summed E-state index contributed by atoms with van der Waals surface area (Å²) in [5.74, 6) is 0. The fourth-order valence-electron chi connectivity index (χ4n) is 15.9. The number of hydrogen-bond donors (Lipinski definition) is 0.